The Bertz CT molecular complexity index is 440. The van der Waals surface area contributed by atoms with Gasteiger partial charge in [0.1, 0.15) is 6.10 Å². The zero-order valence-electron chi connectivity index (χ0n) is 12.2. The van der Waals surface area contributed by atoms with Crippen molar-refractivity contribution in [3.8, 4) is 5.75 Å². The van der Waals surface area contributed by atoms with E-state index in [1.165, 1.54) is 6.07 Å². The summed E-state index contributed by atoms with van der Waals surface area (Å²) in [6.45, 7) is 5.98. The Balaban J connectivity index is 2.42. The van der Waals surface area contributed by atoms with Crippen LogP contribution in [0.15, 0.2) is 24.3 Å². The highest BCUT2D eigenvalue weighted by molar-refractivity contribution is 5.81. The molecule has 0 aliphatic rings. The Kier molecular flexibility index (Phi) is 6.45. The minimum absolute atomic E-state index is 0.123. The van der Waals surface area contributed by atoms with Gasteiger partial charge in [0.05, 0.1) is 12.6 Å². The summed E-state index contributed by atoms with van der Waals surface area (Å²) in [5, 5.41) is 2.73. The van der Waals surface area contributed by atoms with E-state index in [-0.39, 0.29) is 30.2 Å². The fraction of sp³-hybridized carbons (Fsp3) is 0.533. The molecule has 4 nitrogen and oxygen atoms in total. The van der Waals surface area contributed by atoms with Crippen molar-refractivity contribution < 1.29 is 13.9 Å². The van der Waals surface area contributed by atoms with Crippen LogP contribution in [0.5, 0.6) is 5.75 Å². The molecule has 3 atom stereocenters. The standard InChI is InChI=1S/C15H23FN2O2/c1-4-10(2)14(17)15(19)18-9-11(3)20-13-8-6-5-7-12(13)16/h5-8,10-11,14H,4,9,17H2,1-3H3,(H,18,19). The van der Waals surface area contributed by atoms with Crippen molar-refractivity contribution in [3.63, 3.8) is 0 Å². The van der Waals surface area contributed by atoms with E-state index >= 15 is 0 Å². The molecular weight excluding hydrogens is 259 g/mol. The average molecular weight is 282 g/mol. The third kappa shape index (κ3) is 4.81. The highest BCUT2D eigenvalue weighted by Gasteiger charge is 2.19. The van der Waals surface area contributed by atoms with E-state index in [0.29, 0.717) is 0 Å². The molecular formula is C15H23FN2O2. The second kappa shape index (κ2) is 7.85. The largest absolute Gasteiger partial charge is 0.486 e. The van der Waals surface area contributed by atoms with Gasteiger partial charge in [0, 0.05) is 0 Å². The van der Waals surface area contributed by atoms with Crippen LogP contribution in [-0.2, 0) is 4.79 Å². The van der Waals surface area contributed by atoms with Crippen LogP contribution in [0.1, 0.15) is 27.2 Å². The second-order valence-electron chi connectivity index (χ2n) is 5.02. The summed E-state index contributed by atoms with van der Waals surface area (Å²) in [5.41, 5.74) is 5.82. The number of carbonyl (C=O) groups is 1. The van der Waals surface area contributed by atoms with Crippen LogP contribution in [0.2, 0.25) is 0 Å². The van der Waals surface area contributed by atoms with Gasteiger partial charge in [-0.3, -0.25) is 4.79 Å². The molecule has 0 aliphatic carbocycles. The Morgan fingerprint density at radius 1 is 1.40 bits per heavy atom. The van der Waals surface area contributed by atoms with Gasteiger partial charge in [0.2, 0.25) is 5.91 Å². The highest BCUT2D eigenvalue weighted by atomic mass is 19.1. The number of ether oxygens (including phenoxy) is 1. The van der Waals surface area contributed by atoms with Crippen LogP contribution in [0, 0.1) is 11.7 Å². The van der Waals surface area contributed by atoms with Gasteiger partial charge in [-0.15, -0.1) is 0 Å². The lowest BCUT2D eigenvalue weighted by molar-refractivity contribution is -0.123. The van der Waals surface area contributed by atoms with Crippen molar-refractivity contribution in [3.05, 3.63) is 30.1 Å². The zero-order valence-corrected chi connectivity index (χ0v) is 12.2. The van der Waals surface area contributed by atoms with Gasteiger partial charge in [-0.25, -0.2) is 4.39 Å². The number of nitrogens with one attached hydrogen (secondary N) is 1. The van der Waals surface area contributed by atoms with Gasteiger partial charge in [-0.1, -0.05) is 32.4 Å². The molecule has 112 valence electrons. The Morgan fingerprint density at radius 3 is 2.65 bits per heavy atom. The third-order valence-electron chi connectivity index (χ3n) is 3.29. The lowest BCUT2D eigenvalue weighted by atomic mass is 9.99. The molecule has 3 unspecified atom stereocenters. The lowest BCUT2D eigenvalue weighted by Crippen LogP contribution is -2.47. The second-order valence-corrected chi connectivity index (χ2v) is 5.02. The summed E-state index contributed by atoms with van der Waals surface area (Å²) >= 11 is 0. The number of nitrogens with two attached hydrogens (primary N) is 1. The Hall–Kier alpha value is -1.62. The smallest absolute Gasteiger partial charge is 0.237 e. The summed E-state index contributed by atoms with van der Waals surface area (Å²) in [6, 6.07) is 5.65. The van der Waals surface area contributed by atoms with Crippen LogP contribution in [-0.4, -0.2) is 24.6 Å². The molecule has 0 aliphatic heterocycles. The van der Waals surface area contributed by atoms with Gasteiger partial charge < -0.3 is 15.8 Å². The van der Waals surface area contributed by atoms with Gasteiger partial charge in [0.15, 0.2) is 11.6 Å². The predicted octanol–water partition coefficient (Wildman–Crippen LogP) is 2.08. The fourth-order valence-corrected chi connectivity index (χ4v) is 1.67. The maximum absolute atomic E-state index is 13.4. The molecule has 0 aromatic heterocycles. The first-order valence-electron chi connectivity index (χ1n) is 6.90. The average Bonchev–Trinajstić information content (AvgIpc) is 2.45. The zero-order chi connectivity index (χ0) is 15.1. The maximum Gasteiger partial charge on any atom is 0.237 e. The Morgan fingerprint density at radius 2 is 2.05 bits per heavy atom. The molecule has 1 aromatic carbocycles. The van der Waals surface area contributed by atoms with Crippen LogP contribution in [0.4, 0.5) is 4.39 Å². The molecule has 5 heteroatoms. The van der Waals surface area contributed by atoms with Crippen molar-refractivity contribution >= 4 is 5.91 Å². The molecule has 0 saturated heterocycles. The van der Waals surface area contributed by atoms with Crippen LogP contribution in [0.25, 0.3) is 0 Å². The first-order chi connectivity index (χ1) is 9.45. The molecule has 20 heavy (non-hydrogen) atoms. The van der Waals surface area contributed by atoms with Crippen LogP contribution in [0.3, 0.4) is 0 Å². The third-order valence-corrected chi connectivity index (χ3v) is 3.29. The summed E-state index contributed by atoms with van der Waals surface area (Å²) in [4.78, 5) is 11.8. The van der Waals surface area contributed by atoms with E-state index in [0.717, 1.165) is 6.42 Å². The van der Waals surface area contributed by atoms with E-state index in [9.17, 15) is 9.18 Å². The summed E-state index contributed by atoms with van der Waals surface area (Å²) in [6.07, 6.45) is 0.510. The minimum Gasteiger partial charge on any atom is -0.486 e. The molecule has 0 radical (unpaired) electrons. The molecule has 0 saturated carbocycles. The number of amides is 1. The van der Waals surface area contributed by atoms with E-state index in [1.54, 1.807) is 25.1 Å². The number of benzene rings is 1. The van der Waals surface area contributed by atoms with Crippen LogP contribution < -0.4 is 15.8 Å². The van der Waals surface area contributed by atoms with Crippen molar-refractivity contribution in [1.82, 2.24) is 5.32 Å². The number of carbonyl (C=O) groups excluding carboxylic acids is 1. The first kappa shape index (κ1) is 16.4. The molecule has 1 rings (SSSR count). The topological polar surface area (TPSA) is 64.4 Å². The minimum atomic E-state index is -0.527. The van der Waals surface area contributed by atoms with Gasteiger partial charge >= 0.3 is 0 Å². The monoisotopic (exact) mass is 282 g/mol. The number of rotatable bonds is 7. The van der Waals surface area contributed by atoms with Crippen molar-refractivity contribution in [2.75, 3.05) is 6.54 Å². The molecule has 1 aromatic rings. The van der Waals surface area contributed by atoms with Crippen molar-refractivity contribution in [2.24, 2.45) is 11.7 Å². The van der Waals surface area contributed by atoms with E-state index in [4.69, 9.17) is 10.5 Å². The van der Waals surface area contributed by atoms with Gasteiger partial charge in [-0.2, -0.15) is 0 Å². The van der Waals surface area contributed by atoms with E-state index in [1.807, 2.05) is 13.8 Å². The highest BCUT2D eigenvalue weighted by Crippen LogP contribution is 2.16. The molecule has 0 fully saturated rings. The quantitative estimate of drug-likeness (QED) is 0.805. The summed E-state index contributed by atoms with van der Waals surface area (Å²) < 4.78 is 18.8. The molecule has 0 heterocycles. The van der Waals surface area contributed by atoms with E-state index < -0.39 is 11.9 Å². The summed E-state index contributed by atoms with van der Waals surface area (Å²) in [5.74, 6) is -0.316. The van der Waals surface area contributed by atoms with Crippen LogP contribution >= 0.6 is 0 Å². The molecule has 0 bridgehead atoms. The number of hydrogen-bond acceptors (Lipinski definition) is 3. The maximum atomic E-state index is 13.4. The number of halogens is 1. The van der Waals surface area contributed by atoms with Gasteiger partial charge in [0.25, 0.3) is 0 Å². The fourth-order valence-electron chi connectivity index (χ4n) is 1.67. The van der Waals surface area contributed by atoms with Gasteiger partial charge in [-0.05, 0) is 25.0 Å². The van der Waals surface area contributed by atoms with E-state index in [2.05, 4.69) is 5.32 Å². The Labute approximate surface area is 119 Å². The summed E-state index contributed by atoms with van der Waals surface area (Å²) in [7, 11) is 0. The van der Waals surface area contributed by atoms with Crippen molar-refractivity contribution in [1.29, 1.82) is 0 Å². The normalized spacial score (nSPS) is 15.2. The first-order valence-corrected chi connectivity index (χ1v) is 6.90. The predicted molar refractivity (Wildman–Crippen MR) is 76.9 cm³/mol. The number of hydrogen-bond donors (Lipinski definition) is 2. The number of para-hydroxylation sites is 1. The molecule has 0 spiro atoms. The lowest BCUT2D eigenvalue weighted by Gasteiger charge is -2.20. The molecule has 3 N–H and O–H groups in total. The van der Waals surface area contributed by atoms with Crippen molar-refractivity contribution in [2.45, 2.75) is 39.3 Å². The molecule has 1 amide bonds. The SMILES string of the molecule is CCC(C)C(N)C(=O)NCC(C)Oc1ccccc1F.